The Labute approximate surface area is 117 Å². The third kappa shape index (κ3) is 3.79. The minimum absolute atomic E-state index is 0.0820. The van der Waals surface area contributed by atoms with Crippen LogP contribution in [0.25, 0.3) is 0 Å². The summed E-state index contributed by atoms with van der Waals surface area (Å²) in [6.07, 6.45) is 2.63. The predicted molar refractivity (Wildman–Crippen MR) is 78.8 cm³/mol. The van der Waals surface area contributed by atoms with Gasteiger partial charge in [-0.15, -0.1) is 0 Å². The van der Waals surface area contributed by atoms with E-state index in [0.717, 1.165) is 18.7 Å². The monoisotopic (exact) mass is 275 g/mol. The van der Waals surface area contributed by atoms with Crippen LogP contribution >= 0.6 is 11.3 Å². The van der Waals surface area contributed by atoms with Crippen molar-refractivity contribution in [3.05, 3.63) is 46.4 Å². The fraction of sp³-hybridized carbons (Fsp3) is 0.286. The normalized spacial score (nSPS) is 10.2. The average molecular weight is 275 g/mol. The maximum Gasteiger partial charge on any atom is 0.272 e. The molecule has 2 aromatic heterocycles. The van der Waals surface area contributed by atoms with Crippen LogP contribution in [0.4, 0.5) is 5.69 Å². The Morgan fingerprint density at radius 1 is 1.42 bits per heavy atom. The molecule has 2 rings (SSSR count). The topological polar surface area (TPSA) is 45.2 Å². The van der Waals surface area contributed by atoms with Gasteiger partial charge in [-0.3, -0.25) is 9.78 Å². The third-order valence-corrected chi connectivity index (χ3v) is 3.44. The molecule has 2 heterocycles. The van der Waals surface area contributed by atoms with Gasteiger partial charge >= 0.3 is 0 Å². The molecule has 100 valence electrons. The molecular formula is C14H17N3OS. The number of hydrogen-bond donors (Lipinski definition) is 1. The number of nitrogens with one attached hydrogen (secondary N) is 1. The average Bonchev–Trinajstić information content (AvgIpc) is 2.91. The van der Waals surface area contributed by atoms with E-state index in [0.29, 0.717) is 5.69 Å². The van der Waals surface area contributed by atoms with Gasteiger partial charge in [0.15, 0.2) is 0 Å². The lowest BCUT2D eigenvalue weighted by molar-refractivity contribution is 0.0822. The number of anilines is 1. The van der Waals surface area contributed by atoms with E-state index in [4.69, 9.17) is 0 Å². The van der Waals surface area contributed by atoms with Crippen molar-refractivity contribution in [2.24, 2.45) is 0 Å². The summed E-state index contributed by atoms with van der Waals surface area (Å²) in [6, 6.07) is 5.79. The van der Waals surface area contributed by atoms with Gasteiger partial charge in [0.25, 0.3) is 5.91 Å². The maximum atomic E-state index is 11.8. The summed E-state index contributed by atoms with van der Waals surface area (Å²) in [6.45, 7) is 0.844. The number of aromatic nitrogens is 1. The van der Waals surface area contributed by atoms with Crippen molar-refractivity contribution in [3.8, 4) is 0 Å². The Hall–Kier alpha value is -1.88. The van der Waals surface area contributed by atoms with Crippen LogP contribution in [0.2, 0.25) is 0 Å². The molecule has 4 nitrogen and oxygen atoms in total. The van der Waals surface area contributed by atoms with Crippen molar-refractivity contribution >= 4 is 22.9 Å². The molecule has 0 atom stereocenters. The lowest BCUT2D eigenvalue weighted by Gasteiger charge is -2.11. The second-order valence-electron chi connectivity index (χ2n) is 4.44. The first-order valence-corrected chi connectivity index (χ1v) is 7.04. The number of thiophene rings is 1. The fourth-order valence-electron chi connectivity index (χ4n) is 1.67. The summed E-state index contributed by atoms with van der Waals surface area (Å²) in [5, 5.41) is 7.54. The van der Waals surface area contributed by atoms with Gasteiger partial charge in [0, 0.05) is 32.5 Å². The van der Waals surface area contributed by atoms with E-state index >= 15 is 0 Å². The number of hydrogen-bond acceptors (Lipinski definition) is 4. The van der Waals surface area contributed by atoms with Crippen LogP contribution in [0.1, 0.15) is 16.1 Å². The van der Waals surface area contributed by atoms with Gasteiger partial charge in [-0.2, -0.15) is 11.3 Å². The summed E-state index contributed by atoms with van der Waals surface area (Å²) >= 11 is 1.71. The molecule has 0 unspecified atom stereocenters. The van der Waals surface area contributed by atoms with Crippen molar-refractivity contribution in [1.82, 2.24) is 9.88 Å². The van der Waals surface area contributed by atoms with Crippen LogP contribution in [0.3, 0.4) is 0 Å². The predicted octanol–water partition coefficient (Wildman–Crippen LogP) is 2.50. The van der Waals surface area contributed by atoms with E-state index < -0.39 is 0 Å². The smallest absolute Gasteiger partial charge is 0.272 e. The molecule has 0 aliphatic rings. The number of nitrogens with zero attached hydrogens (tertiary/aromatic N) is 2. The van der Waals surface area contributed by atoms with Gasteiger partial charge in [-0.05, 0) is 40.9 Å². The van der Waals surface area contributed by atoms with E-state index in [-0.39, 0.29) is 5.91 Å². The Morgan fingerprint density at radius 2 is 2.26 bits per heavy atom. The highest BCUT2D eigenvalue weighted by Gasteiger charge is 2.09. The van der Waals surface area contributed by atoms with Gasteiger partial charge in [0.05, 0.1) is 0 Å². The van der Waals surface area contributed by atoms with E-state index in [2.05, 4.69) is 27.1 Å². The molecular weight excluding hydrogens is 258 g/mol. The molecule has 2 aromatic rings. The van der Waals surface area contributed by atoms with E-state index in [1.165, 1.54) is 10.5 Å². The Balaban J connectivity index is 1.93. The van der Waals surface area contributed by atoms with E-state index in [1.807, 2.05) is 6.07 Å². The minimum Gasteiger partial charge on any atom is -0.385 e. The van der Waals surface area contributed by atoms with Crippen LogP contribution in [-0.4, -0.2) is 36.4 Å². The van der Waals surface area contributed by atoms with Crippen LogP contribution in [0.5, 0.6) is 0 Å². The number of amides is 1. The highest BCUT2D eigenvalue weighted by molar-refractivity contribution is 7.07. The molecule has 0 saturated carbocycles. The zero-order valence-corrected chi connectivity index (χ0v) is 11.9. The maximum absolute atomic E-state index is 11.8. The summed E-state index contributed by atoms with van der Waals surface area (Å²) in [5.41, 5.74) is 2.72. The number of rotatable bonds is 5. The van der Waals surface area contributed by atoms with Crippen molar-refractivity contribution < 1.29 is 4.79 Å². The largest absolute Gasteiger partial charge is 0.385 e. The van der Waals surface area contributed by atoms with Crippen molar-refractivity contribution in [3.63, 3.8) is 0 Å². The minimum atomic E-state index is -0.0820. The highest BCUT2D eigenvalue weighted by Crippen LogP contribution is 2.11. The Kier molecular flexibility index (Phi) is 4.52. The van der Waals surface area contributed by atoms with E-state index in [1.54, 1.807) is 37.7 Å². The van der Waals surface area contributed by atoms with Gasteiger partial charge in [-0.25, -0.2) is 0 Å². The number of carbonyl (C=O) groups excluding carboxylic acids is 1. The number of carbonyl (C=O) groups is 1. The molecule has 0 radical (unpaired) electrons. The Morgan fingerprint density at radius 3 is 2.95 bits per heavy atom. The first-order valence-electron chi connectivity index (χ1n) is 6.09. The molecule has 19 heavy (non-hydrogen) atoms. The fourth-order valence-corrected chi connectivity index (χ4v) is 2.38. The van der Waals surface area contributed by atoms with Crippen LogP contribution in [0.15, 0.2) is 35.2 Å². The second kappa shape index (κ2) is 6.33. The first kappa shape index (κ1) is 13.5. The zero-order chi connectivity index (χ0) is 13.7. The van der Waals surface area contributed by atoms with Gasteiger partial charge in [0.2, 0.25) is 0 Å². The Bertz CT molecular complexity index is 537. The summed E-state index contributed by atoms with van der Waals surface area (Å²) < 4.78 is 0. The molecule has 0 spiro atoms. The zero-order valence-electron chi connectivity index (χ0n) is 11.1. The lowest BCUT2D eigenvalue weighted by Crippen LogP contribution is -2.22. The van der Waals surface area contributed by atoms with Gasteiger partial charge < -0.3 is 10.2 Å². The molecule has 1 amide bonds. The number of pyridine rings is 1. The first-order chi connectivity index (χ1) is 9.16. The molecule has 0 aliphatic carbocycles. The SMILES string of the molecule is CN(C)C(=O)c1cc(NCCc2ccsc2)ccn1. The summed E-state index contributed by atoms with van der Waals surface area (Å²) in [5.74, 6) is -0.0820. The third-order valence-electron chi connectivity index (χ3n) is 2.71. The molecule has 1 N–H and O–H groups in total. The van der Waals surface area contributed by atoms with Gasteiger partial charge in [0.1, 0.15) is 5.69 Å². The quantitative estimate of drug-likeness (QED) is 0.912. The molecule has 0 fully saturated rings. The van der Waals surface area contributed by atoms with E-state index in [9.17, 15) is 4.79 Å². The highest BCUT2D eigenvalue weighted by atomic mass is 32.1. The van der Waals surface area contributed by atoms with Gasteiger partial charge in [-0.1, -0.05) is 0 Å². The van der Waals surface area contributed by atoms with Crippen LogP contribution in [0, 0.1) is 0 Å². The lowest BCUT2D eigenvalue weighted by atomic mass is 10.2. The van der Waals surface area contributed by atoms with Crippen LogP contribution < -0.4 is 5.32 Å². The molecule has 0 aliphatic heterocycles. The van der Waals surface area contributed by atoms with Crippen molar-refractivity contribution in [2.75, 3.05) is 26.0 Å². The van der Waals surface area contributed by atoms with Crippen molar-refractivity contribution in [2.45, 2.75) is 6.42 Å². The molecule has 0 aromatic carbocycles. The molecule has 0 saturated heterocycles. The van der Waals surface area contributed by atoms with Crippen LogP contribution in [-0.2, 0) is 6.42 Å². The summed E-state index contributed by atoms with van der Waals surface area (Å²) in [7, 11) is 3.45. The molecule has 0 bridgehead atoms. The van der Waals surface area contributed by atoms with Crippen molar-refractivity contribution in [1.29, 1.82) is 0 Å². The molecule has 5 heteroatoms. The standard InChI is InChI=1S/C14H17N3OS/c1-17(2)14(18)13-9-12(4-7-16-13)15-6-3-11-5-8-19-10-11/h4-5,7-10H,3,6H2,1-2H3,(H,15,16). The second-order valence-corrected chi connectivity index (χ2v) is 5.22. The summed E-state index contributed by atoms with van der Waals surface area (Å²) in [4.78, 5) is 17.4.